The lowest BCUT2D eigenvalue weighted by atomic mass is 10.4. The molecule has 0 bridgehead atoms. The molecular weight excluding hydrogens is 204 g/mol. The number of aromatic carboxylic acids is 1. The van der Waals surface area contributed by atoms with Gasteiger partial charge in [0.1, 0.15) is 0 Å². The van der Waals surface area contributed by atoms with Gasteiger partial charge in [-0.2, -0.15) is 0 Å². The Labute approximate surface area is 85.2 Å². The van der Waals surface area contributed by atoms with E-state index in [9.17, 15) is 4.79 Å². The Morgan fingerprint density at radius 2 is 2.43 bits per heavy atom. The second-order valence-electron chi connectivity index (χ2n) is 2.64. The minimum atomic E-state index is -1.08. The van der Waals surface area contributed by atoms with E-state index in [0.717, 1.165) is 0 Å². The van der Waals surface area contributed by atoms with Crippen LogP contribution in [-0.2, 0) is 0 Å². The third-order valence-corrected chi connectivity index (χ3v) is 2.38. The van der Waals surface area contributed by atoms with Crippen LogP contribution < -0.4 is 0 Å². The highest BCUT2D eigenvalue weighted by Gasteiger charge is 2.09. The van der Waals surface area contributed by atoms with Gasteiger partial charge in [0.2, 0.25) is 0 Å². The Morgan fingerprint density at radius 3 is 3.00 bits per heavy atom. The number of aromatic nitrogens is 2. The first-order chi connectivity index (χ1) is 6.63. The number of carboxylic acids is 1. The molecule has 0 aliphatic carbocycles. The van der Waals surface area contributed by atoms with E-state index >= 15 is 0 Å². The summed E-state index contributed by atoms with van der Waals surface area (Å²) >= 11 is 1.24. The highest BCUT2D eigenvalue weighted by molar-refractivity contribution is 7.99. The molecule has 1 heterocycles. The summed E-state index contributed by atoms with van der Waals surface area (Å²) in [7, 11) is 0. The van der Waals surface area contributed by atoms with E-state index in [1.807, 2.05) is 6.92 Å². The van der Waals surface area contributed by atoms with Gasteiger partial charge in [-0.3, -0.25) is 0 Å². The number of nitrogens with zero attached hydrogens (tertiary/aromatic N) is 2. The summed E-state index contributed by atoms with van der Waals surface area (Å²) in [5, 5.41) is 17.8. The molecule has 5 nitrogen and oxygen atoms in total. The zero-order chi connectivity index (χ0) is 10.6. The van der Waals surface area contributed by atoms with Crippen LogP contribution in [0.25, 0.3) is 0 Å². The van der Waals surface area contributed by atoms with Crippen molar-refractivity contribution in [2.75, 3.05) is 6.61 Å². The summed E-state index contributed by atoms with van der Waals surface area (Å²) < 4.78 is 0. The summed E-state index contributed by atoms with van der Waals surface area (Å²) in [6, 6.07) is 1.33. The predicted octanol–water partition coefficient (Wildman–Crippen LogP) is 0.648. The van der Waals surface area contributed by atoms with E-state index in [1.54, 1.807) is 0 Å². The summed E-state index contributed by atoms with van der Waals surface area (Å²) in [5.41, 5.74) is -0.0346. The van der Waals surface area contributed by atoms with E-state index in [2.05, 4.69) is 9.97 Å². The zero-order valence-electron chi connectivity index (χ0n) is 7.54. The van der Waals surface area contributed by atoms with Gasteiger partial charge in [0.25, 0.3) is 0 Å². The van der Waals surface area contributed by atoms with E-state index in [1.165, 1.54) is 24.0 Å². The molecule has 0 aromatic carbocycles. The van der Waals surface area contributed by atoms with Gasteiger partial charge in [-0.05, 0) is 6.07 Å². The molecule has 0 saturated carbocycles. The van der Waals surface area contributed by atoms with Crippen LogP contribution in [0, 0.1) is 0 Å². The number of hydrogen-bond acceptors (Lipinski definition) is 5. The van der Waals surface area contributed by atoms with Crippen molar-refractivity contribution in [1.29, 1.82) is 0 Å². The zero-order valence-corrected chi connectivity index (χ0v) is 8.36. The molecule has 76 valence electrons. The van der Waals surface area contributed by atoms with Crippen molar-refractivity contribution in [2.45, 2.75) is 17.3 Å². The standard InChI is InChI=1S/C8H10N2O3S/c1-5(4-11)14-8-9-3-2-6(10-8)7(12)13/h2-3,5,11H,4H2,1H3,(H,12,13). The SMILES string of the molecule is CC(CO)Sc1nccc(C(=O)O)n1. The normalized spacial score (nSPS) is 12.4. The Bertz CT molecular complexity index is 332. The lowest BCUT2D eigenvalue weighted by Gasteiger charge is -2.05. The number of thioether (sulfide) groups is 1. The monoisotopic (exact) mass is 214 g/mol. The van der Waals surface area contributed by atoms with Gasteiger partial charge in [-0.15, -0.1) is 0 Å². The van der Waals surface area contributed by atoms with Gasteiger partial charge in [-0.25, -0.2) is 14.8 Å². The predicted molar refractivity (Wildman–Crippen MR) is 51.4 cm³/mol. The molecule has 1 aromatic heterocycles. The first kappa shape index (κ1) is 10.9. The summed E-state index contributed by atoms with van der Waals surface area (Å²) in [6.07, 6.45) is 1.39. The summed E-state index contributed by atoms with van der Waals surface area (Å²) in [5.74, 6) is -1.08. The fourth-order valence-corrected chi connectivity index (χ4v) is 1.44. The fourth-order valence-electron chi connectivity index (χ4n) is 0.734. The smallest absolute Gasteiger partial charge is 0.354 e. The minimum Gasteiger partial charge on any atom is -0.477 e. The minimum absolute atomic E-state index is 0.00528. The maximum Gasteiger partial charge on any atom is 0.354 e. The topological polar surface area (TPSA) is 83.3 Å². The van der Waals surface area contributed by atoms with Crippen molar-refractivity contribution in [3.05, 3.63) is 18.0 Å². The van der Waals surface area contributed by atoms with Crippen molar-refractivity contribution in [3.63, 3.8) is 0 Å². The summed E-state index contributed by atoms with van der Waals surface area (Å²) in [4.78, 5) is 18.2. The lowest BCUT2D eigenvalue weighted by molar-refractivity contribution is 0.0689. The number of hydrogen-bond donors (Lipinski definition) is 2. The van der Waals surface area contributed by atoms with Crippen LogP contribution in [0.5, 0.6) is 0 Å². The van der Waals surface area contributed by atoms with E-state index in [0.29, 0.717) is 5.16 Å². The Hall–Kier alpha value is -1.14. The Kier molecular flexibility index (Phi) is 3.84. The molecule has 0 aliphatic rings. The molecule has 1 unspecified atom stereocenters. The van der Waals surface area contributed by atoms with Crippen molar-refractivity contribution in [3.8, 4) is 0 Å². The van der Waals surface area contributed by atoms with Crippen molar-refractivity contribution >= 4 is 17.7 Å². The Balaban J connectivity index is 2.78. The molecule has 0 amide bonds. The van der Waals surface area contributed by atoms with Crippen LogP contribution in [0.4, 0.5) is 0 Å². The van der Waals surface area contributed by atoms with Gasteiger partial charge in [-0.1, -0.05) is 18.7 Å². The van der Waals surface area contributed by atoms with Crippen LogP contribution >= 0.6 is 11.8 Å². The first-order valence-electron chi connectivity index (χ1n) is 3.97. The third kappa shape index (κ3) is 2.97. The van der Waals surface area contributed by atoms with Gasteiger partial charge in [0, 0.05) is 11.4 Å². The molecule has 1 atom stereocenters. The second kappa shape index (κ2) is 4.92. The number of aliphatic hydroxyl groups excluding tert-OH is 1. The fraction of sp³-hybridized carbons (Fsp3) is 0.375. The average molecular weight is 214 g/mol. The maximum absolute atomic E-state index is 10.6. The highest BCUT2D eigenvalue weighted by Crippen LogP contribution is 2.18. The molecule has 1 aromatic rings. The molecule has 0 radical (unpaired) electrons. The van der Waals surface area contributed by atoms with E-state index in [-0.39, 0.29) is 17.6 Å². The van der Waals surface area contributed by atoms with Crippen LogP contribution in [0.3, 0.4) is 0 Å². The number of carbonyl (C=O) groups is 1. The third-order valence-electron chi connectivity index (χ3n) is 1.42. The maximum atomic E-state index is 10.6. The molecule has 14 heavy (non-hydrogen) atoms. The van der Waals surface area contributed by atoms with Crippen LogP contribution in [0.1, 0.15) is 17.4 Å². The second-order valence-corrected chi connectivity index (χ2v) is 4.05. The Morgan fingerprint density at radius 1 is 1.71 bits per heavy atom. The molecule has 0 aliphatic heterocycles. The van der Waals surface area contributed by atoms with Gasteiger partial charge in [0.15, 0.2) is 10.9 Å². The molecular formula is C8H10N2O3S. The van der Waals surface area contributed by atoms with Crippen molar-refractivity contribution in [2.24, 2.45) is 0 Å². The molecule has 6 heteroatoms. The average Bonchev–Trinajstić information content (AvgIpc) is 2.18. The number of carboxylic acid groups (broad SMARTS) is 1. The van der Waals surface area contributed by atoms with Gasteiger partial charge >= 0.3 is 5.97 Å². The number of aliphatic hydroxyl groups is 1. The summed E-state index contributed by atoms with van der Waals surface area (Å²) in [6.45, 7) is 1.81. The highest BCUT2D eigenvalue weighted by atomic mass is 32.2. The van der Waals surface area contributed by atoms with Crippen LogP contribution in [-0.4, -0.2) is 38.0 Å². The lowest BCUT2D eigenvalue weighted by Crippen LogP contribution is -2.06. The van der Waals surface area contributed by atoms with E-state index < -0.39 is 5.97 Å². The molecule has 0 fully saturated rings. The van der Waals surface area contributed by atoms with Crippen LogP contribution in [0.15, 0.2) is 17.4 Å². The van der Waals surface area contributed by atoms with Crippen molar-refractivity contribution < 1.29 is 15.0 Å². The first-order valence-corrected chi connectivity index (χ1v) is 4.85. The van der Waals surface area contributed by atoms with Gasteiger partial charge < -0.3 is 10.2 Å². The largest absolute Gasteiger partial charge is 0.477 e. The van der Waals surface area contributed by atoms with Crippen LogP contribution in [0.2, 0.25) is 0 Å². The molecule has 0 spiro atoms. The van der Waals surface area contributed by atoms with E-state index in [4.69, 9.17) is 10.2 Å². The number of rotatable bonds is 4. The molecule has 0 saturated heterocycles. The molecule has 2 N–H and O–H groups in total. The van der Waals surface area contributed by atoms with Gasteiger partial charge in [0.05, 0.1) is 6.61 Å². The quantitative estimate of drug-likeness (QED) is 0.565. The molecule has 1 rings (SSSR count). The van der Waals surface area contributed by atoms with Crippen molar-refractivity contribution in [1.82, 2.24) is 9.97 Å².